The number of aldehydes is 1. The summed E-state index contributed by atoms with van der Waals surface area (Å²) in [5.74, 6) is 1.16. The van der Waals surface area contributed by atoms with Crippen LogP contribution in [0.4, 0.5) is 17.1 Å². The maximum Gasteiger partial charge on any atom is 0.256 e. The molecule has 3 N–H and O–H groups in total. The monoisotopic (exact) mass is 531 g/mol. The fourth-order valence-corrected chi connectivity index (χ4v) is 5.51. The molecule has 0 radical (unpaired) electrons. The number of rotatable bonds is 7. The Hall–Kier alpha value is -4.91. The van der Waals surface area contributed by atoms with E-state index in [1.165, 1.54) is 5.56 Å². The van der Waals surface area contributed by atoms with Crippen molar-refractivity contribution < 1.29 is 18.8 Å². The van der Waals surface area contributed by atoms with Gasteiger partial charge >= 0.3 is 0 Å². The average Bonchev–Trinajstić information content (AvgIpc) is 3.50. The van der Waals surface area contributed by atoms with Gasteiger partial charge in [-0.3, -0.25) is 14.4 Å². The molecule has 1 atom stereocenters. The molecular formula is C33H29N3O4. The van der Waals surface area contributed by atoms with Crippen molar-refractivity contribution in [3.8, 4) is 0 Å². The van der Waals surface area contributed by atoms with Crippen LogP contribution in [0, 0.1) is 0 Å². The summed E-state index contributed by atoms with van der Waals surface area (Å²) >= 11 is 0. The zero-order chi connectivity index (χ0) is 27.6. The third-order valence-corrected chi connectivity index (χ3v) is 7.48. The number of para-hydroxylation sites is 1. The lowest BCUT2D eigenvalue weighted by Gasteiger charge is -2.18. The molecule has 2 amide bonds. The van der Waals surface area contributed by atoms with Crippen LogP contribution < -0.4 is 16.0 Å². The summed E-state index contributed by atoms with van der Waals surface area (Å²) in [5, 5.41) is 9.41. The normalized spacial score (nSPS) is 15.6. The van der Waals surface area contributed by atoms with Gasteiger partial charge < -0.3 is 20.4 Å². The molecule has 1 aliphatic carbocycles. The predicted octanol–water partition coefficient (Wildman–Crippen LogP) is 6.89. The van der Waals surface area contributed by atoms with Crippen LogP contribution in [-0.2, 0) is 17.6 Å². The van der Waals surface area contributed by atoms with Crippen LogP contribution in [0.5, 0.6) is 0 Å². The van der Waals surface area contributed by atoms with Gasteiger partial charge in [-0.1, -0.05) is 30.3 Å². The second kappa shape index (κ2) is 10.7. The Morgan fingerprint density at radius 3 is 2.52 bits per heavy atom. The van der Waals surface area contributed by atoms with Crippen molar-refractivity contribution in [1.29, 1.82) is 0 Å². The van der Waals surface area contributed by atoms with E-state index in [2.05, 4.69) is 22.9 Å². The SMILES string of the molecule is CC(Nc1ccccc1)c1c(C=C2C(=O)Nc3ccc(NC(=O)c4ccc(C=O)cc4)cc32)oc2c1CCCC2. The molecule has 7 heteroatoms. The molecule has 6 rings (SSSR count). The minimum atomic E-state index is -0.304. The van der Waals surface area contributed by atoms with Gasteiger partial charge in [0.2, 0.25) is 0 Å². The molecule has 7 nitrogen and oxygen atoms in total. The zero-order valence-corrected chi connectivity index (χ0v) is 22.1. The predicted molar refractivity (Wildman–Crippen MR) is 157 cm³/mol. The lowest BCUT2D eigenvalue weighted by molar-refractivity contribution is -0.110. The lowest BCUT2D eigenvalue weighted by atomic mass is 9.91. The van der Waals surface area contributed by atoms with Gasteiger partial charge in [0.25, 0.3) is 11.8 Å². The Morgan fingerprint density at radius 2 is 1.75 bits per heavy atom. The van der Waals surface area contributed by atoms with E-state index in [9.17, 15) is 14.4 Å². The third-order valence-electron chi connectivity index (χ3n) is 7.48. The van der Waals surface area contributed by atoms with Crippen LogP contribution in [0.2, 0.25) is 0 Å². The van der Waals surface area contributed by atoms with Crippen molar-refractivity contribution in [3.05, 3.63) is 112 Å². The maximum atomic E-state index is 13.1. The minimum Gasteiger partial charge on any atom is -0.461 e. The largest absolute Gasteiger partial charge is 0.461 e. The first-order valence-electron chi connectivity index (χ1n) is 13.5. The van der Waals surface area contributed by atoms with Gasteiger partial charge in [-0.15, -0.1) is 0 Å². The molecule has 40 heavy (non-hydrogen) atoms. The molecule has 2 heterocycles. The summed E-state index contributed by atoms with van der Waals surface area (Å²) in [7, 11) is 0. The van der Waals surface area contributed by atoms with Crippen LogP contribution in [0.25, 0.3) is 11.6 Å². The van der Waals surface area contributed by atoms with E-state index in [1.54, 1.807) is 42.5 Å². The highest BCUT2D eigenvalue weighted by Crippen LogP contribution is 2.40. The van der Waals surface area contributed by atoms with E-state index >= 15 is 0 Å². The van der Waals surface area contributed by atoms with E-state index in [4.69, 9.17) is 4.42 Å². The number of nitrogens with one attached hydrogen (secondary N) is 3. The Labute approximate surface area is 232 Å². The van der Waals surface area contributed by atoms with Crippen LogP contribution >= 0.6 is 0 Å². The highest BCUT2D eigenvalue weighted by molar-refractivity contribution is 6.35. The lowest BCUT2D eigenvalue weighted by Crippen LogP contribution is -2.12. The van der Waals surface area contributed by atoms with Gasteiger partial charge in [-0.05, 0) is 80.3 Å². The molecule has 4 aromatic rings. The zero-order valence-electron chi connectivity index (χ0n) is 22.1. The molecule has 3 aromatic carbocycles. The first-order valence-corrected chi connectivity index (χ1v) is 13.5. The molecule has 200 valence electrons. The van der Waals surface area contributed by atoms with Crippen LogP contribution in [0.3, 0.4) is 0 Å². The van der Waals surface area contributed by atoms with E-state index in [1.807, 2.05) is 36.4 Å². The quantitative estimate of drug-likeness (QED) is 0.178. The standard InChI is InChI=1S/C33H29N3O4/c1-20(34-23-7-3-2-4-8-23)31-25-9-5-6-10-29(25)40-30(31)18-27-26-17-24(15-16-28(26)36-33(27)39)35-32(38)22-13-11-21(19-37)12-14-22/h2-4,7-8,11-20,34H,5-6,9-10H2,1H3,(H,35,38)(H,36,39). The molecule has 2 aliphatic rings. The van der Waals surface area contributed by atoms with Crippen molar-refractivity contribution in [2.24, 2.45) is 0 Å². The molecule has 1 aromatic heterocycles. The summed E-state index contributed by atoms with van der Waals surface area (Å²) in [6.45, 7) is 2.12. The van der Waals surface area contributed by atoms with Gasteiger partial charge in [0.05, 0.1) is 11.6 Å². The summed E-state index contributed by atoms with van der Waals surface area (Å²) in [6.07, 6.45) is 6.60. The Kier molecular flexibility index (Phi) is 6.78. The Bertz CT molecular complexity index is 1630. The number of carbonyl (C=O) groups is 3. The number of hydrogen-bond acceptors (Lipinski definition) is 5. The molecule has 0 bridgehead atoms. The van der Waals surface area contributed by atoms with E-state index in [-0.39, 0.29) is 17.9 Å². The number of aryl methyl sites for hydroxylation is 1. The molecular weight excluding hydrogens is 502 g/mol. The van der Waals surface area contributed by atoms with Gasteiger partial charge in [-0.2, -0.15) is 0 Å². The van der Waals surface area contributed by atoms with Crippen molar-refractivity contribution in [1.82, 2.24) is 0 Å². The highest BCUT2D eigenvalue weighted by atomic mass is 16.3. The van der Waals surface area contributed by atoms with Gasteiger partial charge in [0.15, 0.2) is 0 Å². The second-order valence-corrected chi connectivity index (χ2v) is 10.2. The Morgan fingerprint density at radius 1 is 0.975 bits per heavy atom. The van der Waals surface area contributed by atoms with Crippen molar-refractivity contribution >= 4 is 46.8 Å². The summed E-state index contributed by atoms with van der Waals surface area (Å²) in [5.41, 5.74) is 6.68. The third kappa shape index (κ3) is 4.94. The molecule has 1 aliphatic heterocycles. The van der Waals surface area contributed by atoms with E-state index in [0.29, 0.717) is 39.4 Å². The van der Waals surface area contributed by atoms with Gasteiger partial charge in [0, 0.05) is 45.7 Å². The van der Waals surface area contributed by atoms with Crippen molar-refractivity contribution in [3.63, 3.8) is 0 Å². The number of amides is 2. The number of carbonyl (C=O) groups excluding carboxylic acids is 3. The van der Waals surface area contributed by atoms with E-state index < -0.39 is 0 Å². The highest BCUT2D eigenvalue weighted by Gasteiger charge is 2.29. The number of anilines is 3. The molecule has 0 saturated heterocycles. The molecule has 0 fully saturated rings. The number of fused-ring (bicyclic) bond motifs is 2. The summed E-state index contributed by atoms with van der Waals surface area (Å²) in [4.78, 5) is 36.9. The van der Waals surface area contributed by atoms with Crippen LogP contribution in [0.1, 0.15) is 74.7 Å². The number of benzene rings is 3. The second-order valence-electron chi connectivity index (χ2n) is 10.2. The smallest absolute Gasteiger partial charge is 0.256 e. The molecule has 0 spiro atoms. The van der Waals surface area contributed by atoms with E-state index in [0.717, 1.165) is 49.0 Å². The topological polar surface area (TPSA) is 100 Å². The molecule has 1 unspecified atom stereocenters. The fourth-order valence-electron chi connectivity index (χ4n) is 5.51. The van der Waals surface area contributed by atoms with Crippen LogP contribution in [0.15, 0.2) is 77.2 Å². The van der Waals surface area contributed by atoms with Crippen molar-refractivity contribution in [2.75, 3.05) is 16.0 Å². The van der Waals surface area contributed by atoms with Crippen molar-refractivity contribution in [2.45, 2.75) is 38.6 Å². The molecule has 0 saturated carbocycles. The minimum absolute atomic E-state index is 0.0278. The summed E-state index contributed by atoms with van der Waals surface area (Å²) < 4.78 is 6.40. The Balaban J connectivity index is 1.33. The fraction of sp³-hybridized carbons (Fsp3) is 0.182. The maximum absolute atomic E-state index is 13.1. The van der Waals surface area contributed by atoms with Crippen LogP contribution in [-0.4, -0.2) is 18.1 Å². The van der Waals surface area contributed by atoms with Gasteiger partial charge in [0.1, 0.15) is 17.8 Å². The number of furan rings is 1. The van der Waals surface area contributed by atoms with Gasteiger partial charge in [-0.25, -0.2) is 0 Å². The first-order chi connectivity index (χ1) is 19.5. The average molecular weight is 532 g/mol. The number of hydrogen-bond donors (Lipinski definition) is 3. The summed E-state index contributed by atoms with van der Waals surface area (Å²) in [6, 6.07) is 21.8. The first kappa shape index (κ1) is 25.4.